The molecule has 2 aromatic carbocycles. The van der Waals surface area contributed by atoms with Crippen molar-refractivity contribution in [2.24, 2.45) is 0 Å². The highest BCUT2D eigenvalue weighted by atomic mass is 16.5. The lowest BCUT2D eigenvalue weighted by Crippen LogP contribution is -2.50. The third-order valence-electron chi connectivity index (χ3n) is 6.17. The molecule has 166 valence electrons. The number of benzene rings is 2. The van der Waals surface area contributed by atoms with Crippen LogP contribution in [0.1, 0.15) is 28.5 Å². The number of para-hydroxylation sites is 1. The molecule has 8 heteroatoms. The zero-order chi connectivity index (χ0) is 21.9. The average molecular weight is 434 g/mol. The van der Waals surface area contributed by atoms with E-state index in [0.29, 0.717) is 25.3 Å². The van der Waals surface area contributed by atoms with E-state index in [1.807, 2.05) is 70.4 Å². The molecule has 0 saturated carbocycles. The normalized spacial score (nSPS) is 18.6. The van der Waals surface area contributed by atoms with Gasteiger partial charge < -0.3 is 19.3 Å². The molecule has 2 fully saturated rings. The second-order valence-electron chi connectivity index (χ2n) is 8.29. The molecular formula is C24H27N5O3. The molecule has 8 nitrogen and oxygen atoms in total. The van der Waals surface area contributed by atoms with Gasteiger partial charge in [0.25, 0.3) is 5.91 Å². The number of anilines is 1. The van der Waals surface area contributed by atoms with E-state index in [4.69, 9.17) is 9.47 Å². The molecule has 2 saturated heterocycles. The first kappa shape index (κ1) is 20.5. The molecule has 2 aliphatic rings. The Balaban J connectivity index is 1.12. The zero-order valence-corrected chi connectivity index (χ0v) is 18.1. The van der Waals surface area contributed by atoms with Gasteiger partial charge in [0.2, 0.25) is 0 Å². The molecule has 0 spiro atoms. The third kappa shape index (κ3) is 4.31. The van der Waals surface area contributed by atoms with E-state index in [-0.39, 0.29) is 18.1 Å². The van der Waals surface area contributed by atoms with E-state index in [9.17, 15) is 4.79 Å². The van der Waals surface area contributed by atoms with Crippen molar-refractivity contribution < 1.29 is 14.3 Å². The minimum atomic E-state index is 0.0525. The molecule has 0 unspecified atom stereocenters. The maximum atomic E-state index is 12.8. The average Bonchev–Trinajstić information content (AvgIpc) is 3.47. The smallest absolute Gasteiger partial charge is 0.254 e. The van der Waals surface area contributed by atoms with Gasteiger partial charge in [-0.05, 0) is 42.8 Å². The molecule has 0 radical (unpaired) electrons. The van der Waals surface area contributed by atoms with Gasteiger partial charge in [-0.1, -0.05) is 23.4 Å². The molecule has 0 aliphatic carbocycles. The highest BCUT2D eigenvalue weighted by molar-refractivity contribution is 5.95. The number of aromatic nitrogens is 3. The number of hydrogen-bond donors (Lipinski definition) is 0. The SMILES string of the molecule is CO[C@H]1CCN(c2ccc(C(=O)N3CC(n4cc(COc5ccccc5)nn4)C3)cc2)C1. The van der Waals surface area contributed by atoms with Crippen LogP contribution in [0.25, 0.3) is 0 Å². The van der Waals surface area contributed by atoms with Crippen LogP contribution in [0.4, 0.5) is 5.69 Å². The largest absolute Gasteiger partial charge is 0.487 e. The summed E-state index contributed by atoms with van der Waals surface area (Å²) in [7, 11) is 1.76. The standard InChI is InChI=1S/C24H27N5O3/c1-31-23-11-12-27(16-23)20-9-7-18(8-10-20)24(30)28-14-21(15-28)29-13-19(25-26-29)17-32-22-5-3-2-4-6-22/h2-10,13,21,23H,11-12,14-17H2,1H3/t23-/m0/s1. The van der Waals surface area contributed by atoms with E-state index in [0.717, 1.165) is 36.6 Å². The summed E-state index contributed by atoms with van der Waals surface area (Å²) >= 11 is 0. The van der Waals surface area contributed by atoms with Crippen LogP contribution >= 0.6 is 0 Å². The van der Waals surface area contributed by atoms with Crippen LogP contribution in [0.3, 0.4) is 0 Å². The quantitative estimate of drug-likeness (QED) is 0.571. The number of carbonyl (C=O) groups is 1. The summed E-state index contributed by atoms with van der Waals surface area (Å²) in [6.45, 7) is 3.51. The van der Waals surface area contributed by atoms with Crippen molar-refractivity contribution >= 4 is 11.6 Å². The maximum Gasteiger partial charge on any atom is 0.254 e. The Hall–Kier alpha value is -3.39. The minimum Gasteiger partial charge on any atom is -0.487 e. The van der Waals surface area contributed by atoms with Crippen molar-refractivity contribution in [2.45, 2.75) is 25.2 Å². The molecule has 0 N–H and O–H groups in total. The summed E-state index contributed by atoms with van der Waals surface area (Å²) in [6, 6.07) is 17.7. The first-order valence-corrected chi connectivity index (χ1v) is 11.0. The summed E-state index contributed by atoms with van der Waals surface area (Å²) in [6.07, 6.45) is 3.22. The number of amides is 1. The summed E-state index contributed by atoms with van der Waals surface area (Å²) < 4.78 is 13.0. The Labute approximate surface area is 187 Å². The fraction of sp³-hybridized carbons (Fsp3) is 0.375. The topological polar surface area (TPSA) is 72.7 Å². The summed E-state index contributed by atoms with van der Waals surface area (Å²) in [5.41, 5.74) is 2.62. The molecule has 3 heterocycles. The zero-order valence-electron chi connectivity index (χ0n) is 18.1. The van der Waals surface area contributed by atoms with Crippen molar-refractivity contribution in [1.29, 1.82) is 0 Å². The van der Waals surface area contributed by atoms with Crippen molar-refractivity contribution in [2.75, 3.05) is 38.2 Å². The van der Waals surface area contributed by atoms with Crippen molar-refractivity contribution in [1.82, 2.24) is 19.9 Å². The molecule has 1 amide bonds. The number of rotatable bonds is 7. The maximum absolute atomic E-state index is 12.8. The monoisotopic (exact) mass is 433 g/mol. The van der Waals surface area contributed by atoms with E-state index >= 15 is 0 Å². The Bertz CT molecular complexity index is 1050. The highest BCUT2D eigenvalue weighted by Crippen LogP contribution is 2.25. The first-order valence-electron chi connectivity index (χ1n) is 11.0. The van der Waals surface area contributed by atoms with Crippen molar-refractivity contribution in [3.05, 3.63) is 72.1 Å². The van der Waals surface area contributed by atoms with Gasteiger partial charge in [0, 0.05) is 44.5 Å². The van der Waals surface area contributed by atoms with Crippen LogP contribution in [0, 0.1) is 0 Å². The fourth-order valence-corrected chi connectivity index (χ4v) is 4.17. The number of ether oxygens (including phenoxy) is 2. The predicted octanol–water partition coefficient (Wildman–Crippen LogP) is 2.78. The van der Waals surface area contributed by atoms with E-state index in [2.05, 4.69) is 15.2 Å². The first-order chi connectivity index (χ1) is 15.7. The van der Waals surface area contributed by atoms with Crippen LogP contribution in [-0.4, -0.2) is 65.2 Å². The van der Waals surface area contributed by atoms with Crippen LogP contribution in [0.15, 0.2) is 60.8 Å². The Kier molecular flexibility index (Phi) is 5.77. The lowest BCUT2D eigenvalue weighted by Gasteiger charge is -2.38. The van der Waals surface area contributed by atoms with Crippen molar-refractivity contribution in [3.8, 4) is 5.75 Å². The van der Waals surface area contributed by atoms with E-state index < -0.39 is 0 Å². The molecule has 5 rings (SSSR count). The fourth-order valence-electron chi connectivity index (χ4n) is 4.17. The van der Waals surface area contributed by atoms with Gasteiger partial charge in [0.15, 0.2) is 0 Å². The highest BCUT2D eigenvalue weighted by Gasteiger charge is 2.33. The summed E-state index contributed by atoms with van der Waals surface area (Å²) in [4.78, 5) is 17.0. The lowest BCUT2D eigenvalue weighted by molar-refractivity contribution is 0.0498. The number of carbonyl (C=O) groups excluding carboxylic acids is 1. The Morgan fingerprint density at radius 3 is 2.56 bits per heavy atom. The molecule has 0 bridgehead atoms. The van der Waals surface area contributed by atoms with Gasteiger partial charge in [-0.25, -0.2) is 4.68 Å². The molecule has 1 atom stereocenters. The van der Waals surface area contributed by atoms with E-state index in [1.54, 1.807) is 7.11 Å². The van der Waals surface area contributed by atoms with Crippen LogP contribution in [0.5, 0.6) is 5.75 Å². The van der Waals surface area contributed by atoms with Gasteiger partial charge in [0.1, 0.15) is 18.1 Å². The third-order valence-corrected chi connectivity index (χ3v) is 6.17. The summed E-state index contributed by atoms with van der Waals surface area (Å²) in [5.74, 6) is 0.855. The van der Waals surface area contributed by atoms with Gasteiger partial charge in [-0.2, -0.15) is 0 Å². The Morgan fingerprint density at radius 1 is 1.06 bits per heavy atom. The number of hydrogen-bond acceptors (Lipinski definition) is 6. The number of likely N-dealkylation sites (tertiary alicyclic amines) is 1. The van der Waals surface area contributed by atoms with Crippen LogP contribution < -0.4 is 9.64 Å². The van der Waals surface area contributed by atoms with Gasteiger partial charge in [0.05, 0.1) is 18.3 Å². The molecule has 1 aromatic heterocycles. The second-order valence-corrected chi connectivity index (χ2v) is 8.29. The molecule has 2 aliphatic heterocycles. The molecule has 32 heavy (non-hydrogen) atoms. The Morgan fingerprint density at radius 2 is 1.84 bits per heavy atom. The lowest BCUT2D eigenvalue weighted by atomic mass is 10.1. The number of nitrogens with zero attached hydrogens (tertiary/aromatic N) is 5. The molecular weight excluding hydrogens is 406 g/mol. The van der Waals surface area contributed by atoms with Crippen LogP contribution in [0.2, 0.25) is 0 Å². The minimum absolute atomic E-state index is 0.0525. The number of methoxy groups -OCH3 is 1. The second kappa shape index (κ2) is 9.00. The van der Waals surface area contributed by atoms with Crippen molar-refractivity contribution in [3.63, 3.8) is 0 Å². The molecule has 3 aromatic rings. The van der Waals surface area contributed by atoms with E-state index in [1.165, 1.54) is 0 Å². The van der Waals surface area contributed by atoms with Crippen LogP contribution in [-0.2, 0) is 11.3 Å². The summed E-state index contributed by atoms with van der Waals surface area (Å²) in [5, 5.41) is 8.41. The van der Waals surface area contributed by atoms with Gasteiger partial charge in [-0.15, -0.1) is 5.10 Å². The van der Waals surface area contributed by atoms with Gasteiger partial charge in [-0.3, -0.25) is 4.79 Å². The predicted molar refractivity (Wildman–Crippen MR) is 120 cm³/mol. The van der Waals surface area contributed by atoms with Gasteiger partial charge >= 0.3 is 0 Å².